The van der Waals surface area contributed by atoms with Crippen molar-refractivity contribution in [1.82, 2.24) is 4.90 Å². The van der Waals surface area contributed by atoms with Crippen molar-refractivity contribution in [2.75, 3.05) is 26.3 Å². The largest absolute Gasteiger partial charge is 0.481 e. The van der Waals surface area contributed by atoms with Gasteiger partial charge in [0.1, 0.15) is 5.92 Å². The van der Waals surface area contributed by atoms with E-state index in [1.54, 1.807) is 18.7 Å². The molecular weight excluding hydrogens is 248 g/mol. The number of ether oxygens (including phenoxy) is 1. The summed E-state index contributed by atoms with van der Waals surface area (Å²) in [6, 6.07) is -0.393. The van der Waals surface area contributed by atoms with Crippen LogP contribution in [0.15, 0.2) is 0 Å². The van der Waals surface area contributed by atoms with E-state index in [0.29, 0.717) is 6.54 Å². The first-order valence-corrected chi connectivity index (χ1v) is 6.66. The Morgan fingerprint density at radius 2 is 2.05 bits per heavy atom. The molecule has 110 valence electrons. The van der Waals surface area contributed by atoms with Gasteiger partial charge in [-0.2, -0.15) is 0 Å². The molecule has 2 unspecified atom stereocenters. The third kappa shape index (κ3) is 3.45. The van der Waals surface area contributed by atoms with E-state index in [1.165, 1.54) is 0 Å². The second-order valence-corrected chi connectivity index (χ2v) is 5.64. The van der Waals surface area contributed by atoms with E-state index in [-0.39, 0.29) is 25.7 Å². The molecule has 1 fully saturated rings. The lowest BCUT2D eigenvalue weighted by atomic mass is 9.89. The Bertz CT molecular complexity index is 344. The second-order valence-electron chi connectivity index (χ2n) is 5.64. The molecule has 1 aliphatic heterocycles. The second kappa shape index (κ2) is 6.34. The molecule has 3 N–H and O–H groups in total. The van der Waals surface area contributed by atoms with Crippen LogP contribution in [0.2, 0.25) is 0 Å². The van der Waals surface area contributed by atoms with E-state index in [1.807, 2.05) is 6.92 Å². The summed E-state index contributed by atoms with van der Waals surface area (Å²) in [5, 5.41) is 9.20. The van der Waals surface area contributed by atoms with Crippen LogP contribution < -0.4 is 5.73 Å². The molecule has 1 aliphatic rings. The van der Waals surface area contributed by atoms with Crippen molar-refractivity contribution < 1.29 is 19.4 Å². The van der Waals surface area contributed by atoms with Gasteiger partial charge in [-0.25, -0.2) is 0 Å². The van der Waals surface area contributed by atoms with Crippen molar-refractivity contribution in [3.05, 3.63) is 0 Å². The van der Waals surface area contributed by atoms with Crippen LogP contribution in [0, 0.1) is 11.3 Å². The molecule has 1 rings (SSSR count). The molecule has 0 spiro atoms. The molecule has 6 heteroatoms. The predicted octanol–water partition coefficient (Wildman–Crippen LogP) is 0.310. The molecule has 19 heavy (non-hydrogen) atoms. The number of carbonyl (C=O) groups excluding carboxylic acids is 1. The van der Waals surface area contributed by atoms with Crippen molar-refractivity contribution >= 4 is 11.9 Å². The summed E-state index contributed by atoms with van der Waals surface area (Å²) in [4.78, 5) is 25.4. The third-order valence-electron chi connectivity index (χ3n) is 3.58. The van der Waals surface area contributed by atoms with E-state index >= 15 is 0 Å². The summed E-state index contributed by atoms with van der Waals surface area (Å²) < 4.78 is 5.25. The number of hydrogen-bond acceptors (Lipinski definition) is 4. The Kier molecular flexibility index (Phi) is 5.31. The molecule has 0 aromatic heterocycles. The Labute approximate surface area is 113 Å². The fourth-order valence-electron chi connectivity index (χ4n) is 2.22. The number of amides is 1. The zero-order valence-corrected chi connectivity index (χ0v) is 11.9. The van der Waals surface area contributed by atoms with E-state index < -0.39 is 23.3 Å². The Morgan fingerprint density at radius 1 is 1.42 bits per heavy atom. The summed E-state index contributed by atoms with van der Waals surface area (Å²) in [7, 11) is 0. The standard InChI is InChI=1S/C13H24N2O4/c1-4-5-15(12(18)13(2,3)8-14)10-7-19-6-9(10)11(16)17/h9-10H,4-8,14H2,1-3H3,(H,16,17). The monoisotopic (exact) mass is 272 g/mol. The first kappa shape index (κ1) is 15.9. The topological polar surface area (TPSA) is 92.9 Å². The maximum atomic E-state index is 12.5. The Hall–Kier alpha value is -1.14. The number of hydrogen-bond donors (Lipinski definition) is 2. The lowest BCUT2D eigenvalue weighted by Gasteiger charge is -2.36. The van der Waals surface area contributed by atoms with Gasteiger partial charge >= 0.3 is 5.97 Å². The van der Waals surface area contributed by atoms with Crippen LogP contribution in [0.1, 0.15) is 27.2 Å². The van der Waals surface area contributed by atoms with Crippen molar-refractivity contribution in [1.29, 1.82) is 0 Å². The fourth-order valence-corrected chi connectivity index (χ4v) is 2.22. The van der Waals surface area contributed by atoms with Crippen LogP contribution in [0.3, 0.4) is 0 Å². The molecule has 0 saturated carbocycles. The van der Waals surface area contributed by atoms with Gasteiger partial charge in [-0.15, -0.1) is 0 Å². The first-order valence-electron chi connectivity index (χ1n) is 6.66. The van der Waals surface area contributed by atoms with Crippen LogP contribution >= 0.6 is 0 Å². The van der Waals surface area contributed by atoms with Crippen LogP contribution in [-0.4, -0.2) is 54.2 Å². The van der Waals surface area contributed by atoms with E-state index in [0.717, 1.165) is 6.42 Å². The van der Waals surface area contributed by atoms with Crippen molar-refractivity contribution in [3.63, 3.8) is 0 Å². The summed E-state index contributed by atoms with van der Waals surface area (Å²) in [5.41, 5.74) is 4.96. The first-order chi connectivity index (χ1) is 8.85. The van der Waals surface area contributed by atoms with Crippen LogP contribution in [-0.2, 0) is 14.3 Å². The molecule has 1 saturated heterocycles. The number of nitrogens with two attached hydrogens (primary N) is 1. The average molecular weight is 272 g/mol. The zero-order valence-electron chi connectivity index (χ0n) is 11.9. The van der Waals surface area contributed by atoms with Crippen LogP contribution in [0.4, 0.5) is 0 Å². The number of aliphatic carboxylic acids is 1. The van der Waals surface area contributed by atoms with E-state index in [9.17, 15) is 14.7 Å². The molecule has 0 radical (unpaired) electrons. The number of carbonyl (C=O) groups is 2. The van der Waals surface area contributed by atoms with Gasteiger partial charge in [0.15, 0.2) is 0 Å². The summed E-state index contributed by atoms with van der Waals surface area (Å²) in [6.07, 6.45) is 0.773. The molecule has 0 aromatic carbocycles. The quantitative estimate of drug-likeness (QED) is 0.726. The van der Waals surface area contributed by atoms with Crippen LogP contribution in [0.25, 0.3) is 0 Å². The van der Waals surface area contributed by atoms with Gasteiger partial charge in [0.2, 0.25) is 5.91 Å². The van der Waals surface area contributed by atoms with Crippen molar-refractivity contribution in [3.8, 4) is 0 Å². The summed E-state index contributed by atoms with van der Waals surface area (Å²) in [6.45, 7) is 6.73. The van der Waals surface area contributed by atoms with Gasteiger partial charge < -0.3 is 20.5 Å². The lowest BCUT2D eigenvalue weighted by molar-refractivity contribution is -0.148. The van der Waals surface area contributed by atoms with E-state index in [4.69, 9.17) is 10.5 Å². The van der Waals surface area contributed by atoms with Gasteiger partial charge in [0.05, 0.1) is 24.7 Å². The third-order valence-corrected chi connectivity index (χ3v) is 3.58. The minimum Gasteiger partial charge on any atom is -0.481 e. The zero-order chi connectivity index (χ0) is 14.6. The minimum absolute atomic E-state index is 0.0985. The highest BCUT2D eigenvalue weighted by Crippen LogP contribution is 2.26. The average Bonchev–Trinajstić information content (AvgIpc) is 2.84. The smallest absolute Gasteiger partial charge is 0.311 e. The number of carboxylic acids is 1. The molecule has 0 aromatic rings. The van der Waals surface area contributed by atoms with Crippen molar-refractivity contribution in [2.24, 2.45) is 17.1 Å². The maximum absolute atomic E-state index is 12.5. The highest BCUT2D eigenvalue weighted by Gasteiger charge is 2.42. The molecule has 1 heterocycles. The maximum Gasteiger partial charge on any atom is 0.311 e. The molecular formula is C13H24N2O4. The fraction of sp³-hybridized carbons (Fsp3) is 0.846. The predicted molar refractivity (Wildman–Crippen MR) is 70.6 cm³/mol. The van der Waals surface area contributed by atoms with Gasteiger partial charge in [-0.3, -0.25) is 9.59 Å². The van der Waals surface area contributed by atoms with Gasteiger partial charge in [0, 0.05) is 13.1 Å². The normalized spacial score (nSPS) is 23.4. The number of carboxylic acid groups (broad SMARTS) is 1. The van der Waals surface area contributed by atoms with Crippen LogP contribution in [0.5, 0.6) is 0 Å². The highest BCUT2D eigenvalue weighted by atomic mass is 16.5. The highest BCUT2D eigenvalue weighted by molar-refractivity contribution is 5.83. The van der Waals surface area contributed by atoms with E-state index in [2.05, 4.69) is 0 Å². The molecule has 1 amide bonds. The molecule has 0 bridgehead atoms. The molecule has 0 aliphatic carbocycles. The van der Waals surface area contributed by atoms with Crippen molar-refractivity contribution in [2.45, 2.75) is 33.2 Å². The summed E-state index contributed by atoms with van der Waals surface area (Å²) in [5.74, 6) is -1.66. The summed E-state index contributed by atoms with van der Waals surface area (Å²) >= 11 is 0. The minimum atomic E-state index is -0.915. The molecule has 6 nitrogen and oxygen atoms in total. The Balaban J connectivity index is 2.94. The molecule has 2 atom stereocenters. The SMILES string of the molecule is CCCN(C(=O)C(C)(C)CN)C1COCC1C(=O)O. The lowest BCUT2D eigenvalue weighted by Crippen LogP contribution is -2.53. The number of rotatable bonds is 6. The van der Waals surface area contributed by atoms with Gasteiger partial charge in [-0.1, -0.05) is 6.92 Å². The number of nitrogens with zero attached hydrogens (tertiary/aromatic N) is 1. The Morgan fingerprint density at radius 3 is 2.53 bits per heavy atom. The van der Waals surface area contributed by atoms with Gasteiger partial charge in [-0.05, 0) is 20.3 Å². The van der Waals surface area contributed by atoms with Gasteiger partial charge in [0.25, 0.3) is 0 Å².